The summed E-state index contributed by atoms with van der Waals surface area (Å²) in [5, 5.41) is 10.8. The van der Waals surface area contributed by atoms with Crippen LogP contribution in [0.4, 0.5) is 5.69 Å². The van der Waals surface area contributed by atoms with Crippen LogP contribution in [-0.2, 0) is 5.54 Å². The molecule has 0 spiro atoms. The second kappa shape index (κ2) is 8.73. The molecule has 6 nitrogen and oxygen atoms in total. The molecule has 8 heteroatoms. The summed E-state index contributed by atoms with van der Waals surface area (Å²) in [6.07, 6.45) is 1.52. The van der Waals surface area contributed by atoms with E-state index in [1.54, 1.807) is 23.7 Å². The predicted octanol–water partition coefficient (Wildman–Crippen LogP) is 5.53. The second-order valence-electron chi connectivity index (χ2n) is 8.15. The first-order valence-corrected chi connectivity index (χ1v) is 10.5. The highest BCUT2D eigenvalue weighted by Gasteiger charge is 2.27. The molecule has 0 unspecified atom stereocenters. The number of aryl methyl sites for hydroxylation is 1. The summed E-state index contributed by atoms with van der Waals surface area (Å²) in [6.45, 7) is 7.76. The Kier molecular flexibility index (Phi) is 6.43. The van der Waals surface area contributed by atoms with Gasteiger partial charge in [0, 0.05) is 22.7 Å². The third kappa shape index (κ3) is 4.60. The molecule has 31 heavy (non-hydrogen) atoms. The number of rotatable bonds is 4. The van der Waals surface area contributed by atoms with Crippen molar-refractivity contribution in [2.75, 3.05) is 12.4 Å². The average molecular weight is 459 g/mol. The lowest BCUT2D eigenvalue weighted by Crippen LogP contribution is -2.25. The second-order valence-corrected chi connectivity index (χ2v) is 8.99. The molecule has 0 fully saturated rings. The van der Waals surface area contributed by atoms with Crippen molar-refractivity contribution in [1.29, 1.82) is 0 Å². The molecule has 0 atom stereocenters. The van der Waals surface area contributed by atoms with Gasteiger partial charge >= 0.3 is 0 Å². The third-order valence-electron chi connectivity index (χ3n) is 4.79. The Balaban J connectivity index is 2.14. The zero-order chi connectivity index (χ0) is 22.9. The van der Waals surface area contributed by atoms with E-state index in [9.17, 15) is 9.59 Å². The molecule has 1 heterocycles. The van der Waals surface area contributed by atoms with Crippen molar-refractivity contribution in [3.63, 3.8) is 0 Å². The van der Waals surface area contributed by atoms with Crippen molar-refractivity contribution in [3.05, 3.63) is 69.3 Å². The molecule has 2 N–H and O–H groups in total. The first kappa shape index (κ1) is 22.8. The summed E-state index contributed by atoms with van der Waals surface area (Å²) < 4.78 is 1.78. The van der Waals surface area contributed by atoms with Crippen molar-refractivity contribution in [2.45, 2.75) is 33.2 Å². The fourth-order valence-corrected chi connectivity index (χ4v) is 3.84. The molecule has 0 aliphatic rings. The molecule has 0 aliphatic carbocycles. The van der Waals surface area contributed by atoms with Gasteiger partial charge in [0.15, 0.2) is 0 Å². The van der Waals surface area contributed by atoms with E-state index in [4.69, 9.17) is 23.2 Å². The Labute approximate surface area is 191 Å². The number of nitrogens with zero attached hydrogens (tertiary/aromatic N) is 2. The lowest BCUT2D eigenvalue weighted by atomic mass is 10.0. The van der Waals surface area contributed by atoms with Crippen LogP contribution in [0.25, 0.3) is 11.3 Å². The summed E-state index contributed by atoms with van der Waals surface area (Å²) in [4.78, 5) is 25.8. The maximum Gasteiger partial charge on any atom is 0.259 e. The van der Waals surface area contributed by atoms with Gasteiger partial charge in [0.1, 0.15) is 0 Å². The number of carbonyl (C=O) groups is 2. The molecule has 2 amide bonds. The molecule has 162 valence electrons. The van der Waals surface area contributed by atoms with Crippen molar-refractivity contribution in [1.82, 2.24) is 15.1 Å². The number of carbonyl (C=O) groups excluding carboxylic acids is 2. The minimum atomic E-state index is -0.402. The number of benzene rings is 2. The summed E-state index contributed by atoms with van der Waals surface area (Å²) in [7, 11) is 1.52. The van der Waals surface area contributed by atoms with Gasteiger partial charge in [-0.15, -0.1) is 0 Å². The first-order chi connectivity index (χ1) is 14.5. The fraction of sp³-hybridized carbons (Fsp3) is 0.261. The Bertz CT molecular complexity index is 1160. The van der Waals surface area contributed by atoms with Gasteiger partial charge in [-0.25, -0.2) is 0 Å². The zero-order valence-corrected chi connectivity index (χ0v) is 19.5. The predicted molar refractivity (Wildman–Crippen MR) is 125 cm³/mol. The van der Waals surface area contributed by atoms with Crippen LogP contribution in [-0.4, -0.2) is 28.6 Å². The quantitative estimate of drug-likeness (QED) is 0.539. The summed E-state index contributed by atoms with van der Waals surface area (Å²) in [6, 6.07) is 10.5. The largest absolute Gasteiger partial charge is 0.355 e. The Morgan fingerprint density at radius 1 is 1.03 bits per heavy atom. The number of nitrogens with one attached hydrogen (secondary N) is 2. The molecular formula is C23H24Cl2N4O2. The number of anilines is 1. The van der Waals surface area contributed by atoms with Crippen LogP contribution in [0.1, 0.15) is 47.1 Å². The van der Waals surface area contributed by atoms with Crippen molar-refractivity contribution >= 4 is 40.7 Å². The standard InChI is InChI=1S/C23H24Cl2N4O2/c1-13-10-14(24)11-16(21(30)26-5)19(13)28-22(31)17-12-27-29(23(2,3)4)20(17)15-8-6-7-9-18(15)25/h6-12H,1-5H3,(H,26,30)(H,28,31). The van der Waals surface area contributed by atoms with Crippen LogP contribution in [0.3, 0.4) is 0 Å². The molecule has 3 rings (SSSR count). The third-order valence-corrected chi connectivity index (χ3v) is 5.34. The van der Waals surface area contributed by atoms with Crippen molar-refractivity contribution < 1.29 is 9.59 Å². The van der Waals surface area contributed by atoms with Gasteiger partial charge in [-0.2, -0.15) is 5.10 Å². The van der Waals surface area contributed by atoms with Gasteiger partial charge in [0.05, 0.1) is 34.2 Å². The SMILES string of the molecule is CNC(=O)c1cc(Cl)cc(C)c1NC(=O)c1cnn(C(C)(C)C)c1-c1ccccc1Cl. The zero-order valence-electron chi connectivity index (χ0n) is 18.0. The van der Waals surface area contributed by atoms with Gasteiger partial charge in [-0.05, 0) is 51.5 Å². The van der Waals surface area contributed by atoms with Gasteiger partial charge in [-0.3, -0.25) is 14.3 Å². The topological polar surface area (TPSA) is 76.0 Å². The van der Waals surface area contributed by atoms with E-state index in [0.717, 1.165) is 0 Å². The minimum absolute atomic E-state index is 0.281. The summed E-state index contributed by atoms with van der Waals surface area (Å²) in [5.74, 6) is -0.751. The molecule has 3 aromatic rings. The molecule has 0 aliphatic heterocycles. The average Bonchev–Trinajstić information content (AvgIpc) is 3.15. The monoisotopic (exact) mass is 458 g/mol. The highest BCUT2D eigenvalue weighted by atomic mass is 35.5. The maximum absolute atomic E-state index is 13.4. The molecule has 0 saturated carbocycles. The van der Waals surface area contributed by atoms with Gasteiger partial charge in [0.25, 0.3) is 11.8 Å². The van der Waals surface area contributed by atoms with Crippen LogP contribution >= 0.6 is 23.2 Å². The van der Waals surface area contributed by atoms with E-state index < -0.39 is 11.4 Å². The number of aromatic nitrogens is 2. The van der Waals surface area contributed by atoms with E-state index in [0.29, 0.717) is 38.1 Å². The van der Waals surface area contributed by atoms with E-state index in [-0.39, 0.29) is 11.5 Å². The number of hydrogen-bond acceptors (Lipinski definition) is 3. The van der Waals surface area contributed by atoms with E-state index >= 15 is 0 Å². The molecule has 2 aromatic carbocycles. The van der Waals surface area contributed by atoms with E-state index in [2.05, 4.69) is 15.7 Å². The van der Waals surface area contributed by atoms with Gasteiger partial charge < -0.3 is 10.6 Å². The van der Waals surface area contributed by atoms with Crippen LogP contribution < -0.4 is 10.6 Å². The van der Waals surface area contributed by atoms with E-state index in [1.165, 1.54) is 19.3 Å². The normalized spacial score (nSPS) is 11.3. The Hall–Kier alpha value is -2.83. The first-order valence-electron chi connectivity index (χ1n) is 9.71. The van der Waals surface area contributed by atoms with Gasteiger partial charge in [-0.1, -0.05) is 41.4 Å². The molecule has 0 radical (unpaired) electrons. The van der Waals surface area contributed by atoms with E-state index in [1.807, 2.05) is 39.0 Å². The Morgan fingerprint density at radius 2 is 1.71 bits per heavy atom. The Morgan fingerprint density at radius 3 is 2.32 bits per heavy atom. The molecular weight excluding hydrogens is 435 g/mol. The minimum Gasteiger partial charge on any atom is -0.355 e. The maximum atomic E-state index is 13.4. The summed E-state index contributed by atoms with van der Waals surface area (Å²) >= 11 is 12.6. The van der Waals surface area contributed by atoms with Crippen LogP contribution in [0.2, 0.25) is 10.0 Å². The van der Waals surface area contributed by atoms with Crippen LogP contribution in [0.15, 0.2) is 42.6 Å². The lowest BCUT2D eigenvalue weighted by molar-refractivity contribution is 0.0964. The molecule has 0 bridgehead atoms. The highest BCUT2D eigenvalue weighted by molar-refractivity contribution is 6.33. The highest BCUT2D eigenvalue weighted by Crippen LogP contribution is 2.34. The van der Waals surface area contributed by atoms with Crippen molar-refractivity contribution in [3.8, 4) is 11.3 Å². The molecule has 1 aromatic heterocycles. The smallest absolute Gasteiger partial charge is 0.259 e. The number of hydrogen-bond donors (Lipinski definition) is 2. The lowest BCUT2D eigenvalue weighted by Gasteiger charge is -2.23. The van der Waals surface area contributed by atoms with Crippen LogP contribution in [0.5, 0.6) is 0 Å². The summed E-state index contributed by atoms with van der Waals surface area (Å²) in [5.41, 5.74) is 2.59. The molecule has 0 saturated heterocycles. The van der Waals surface area contributed by atoms with Crippen molar-refractivity contribution in [2.24, 2.45) is 0 Å². The fourth-order valence-electron chi connectivity index (χ4n) is 3.34. The van der Waals surface area contributed by atoms with Crippen LogP contribution in [0, 0.1) is 6.92 Å². The number of halogens is 2. The number of amides is 2. The van der Waals surface area contributed by atoms with Gasteiger partial charge in [0.2, 0.25) is 0 Å².